The third-order valence-corrected chi connectivity index (χ3v) is 10.8. The van der Waals surface area contributed by atoms with E-state index in [4.69, 9.17) is 93.3 Å². The summed E-state index contributed by atoms with van der Waals surface area (Å²) in [5, 5.41) is 10.5. The Bertz CT molecular complexity index is 1420. The number of ether oxygens (including phenoxy) is 5. The number of aliphatic hydroxyl groups is 1. The van der Waals surface area contributed by atoms with E-state index in [1.54, 1.807) is 0 Å². The summed E-state index contributed by atoms with van der Waals surface area (Å²) in [5.74, 6) is -1.11. The number of epoxide rings is 1. The molecule has 7 unspecified atom stereocenters. The van der Waals surface area contributed by atoms with Gasteiger partial charge in [0, 0.05) is 0 Å². The highest BCUT2D eigenvalue weighted by molar-refractivity contribution is 6.46. The Hall–Kier alpha value is -1.36. The van der Waals surface area contributed by atoms with Gasteiger partial charge < -0.3 is 28.8 Å². The number of carbonyl (C=O) groups excluding carboxylic acids is 2. The first-order valence-corrected chi connectivity index (χ1v) is 17.8. The van der Waals surface area contributed by atoms with Crippen LogP contribution in [0.1, 0.15) is 87.9 Å². The number of esters is 2. The van der Waals surface area contributed by atoms with E-state index in [1.165, 1.54) is 12.1 Å². The summed E-state index contributed by atoms with van der Waals surface area (Å²) in [5.41, 5.74) is -0.436. The van der Waals surface area contributed by atoms with E-state index in [1.807, 2.05) is 13.8 Å². The minimum absolute atomic E-state index is 0.00797. The van der Waals surface area contributed by atoms with Gasteiger partial charge in [-0.1, -0.05) is 124 Å². The lowest BCUT2D eigenvalue weighted by Gasteiger charge is -2.22. The lowest BCUT2D eigenvalue weighted by molar-refractivity contribution is -0.0380. The number of halogens is 6. The van der Waals surface area contributed by atoms with Gasteiger partial charge in [0.25, 0.3) is 0 Å². The molecule has 7 atom stereocenters. The molecule has 1 aliphatic rings. The molecule has 1 heterocycles. The second-order valence-corrected chi connectivity index (χ2v) is 14.0. The van der Waals surface area contributed by atoms with E-state index >= 15 is 0 Å². The highest BCUT2D eigenvalue weighted by atomic mass is 35.5. The summed E-state index contributed by atoms with van der Waals surface area (Å²) in [6.45, 7) is 12.6. The number of carbonyl (C=O) groups is 2. The summed E-state index contributed by atoms with van der Waals surface area (Å²) < 4.78 is 28.2. The van der Waals surface area contributed by atoms with Crippen LogP contribution in [-0.2, 0) is 14.2 Å². The predicted octanol–water partition coefficient (Wildman–Crippen LogP) is 10.6. The van der Waals surface area contributed by atoms with Gasteiger partial charge in [-0.05, 0) is 48.6 Å². The smallest absolute Gasteiger partial charge is 0.343 e. The van der Waals surface area contributed by atoms with Crippen LogP contribution < -0.4 is 9.47 Å². The number of rotatable bonds is 17. The molecule has 1 saturated heterocycles. The molecule has 0 amide bonds. The molecule has 0 spiro atoms. The van der Waals surface area contributed by atoms with Crippen molar-refractivity contribution in [2.45, 2.75) is 85.9 Å². The Labute approximate surface area is 306 Å². The average molecular weight is 777 g/mol. The molecule has 1 N–H and O–H groups in total. The molecule has 2 aromatic rings. The third kappa shape index (κ3) is 9.88. The summed E-state index contributed by atoms with van der Waals surface area (Å²) in [6, 6.07) is 2.59. The van der Waals surface area contributed by atoms with E-state index in [0.29, 0.717) is 11.8 Å². The molecule has 2 aromatic carbocycles. The molecule has 0 aliphatic carbocycles. The zero-order chi connectivity index (χ0) is 35.2. The van der Waals surface area contributed by atoms with Crippen molar-refractivity contribution in [3.63, 3.8) is 0 Å². The molecule has 262 valence electrons. The molecule has 0 aromatic heterocycles. The molecule has 0 saturated carbocycles. The quantitative estimate of drug-likeness (QED) is 0.0733. The monoisotopic (exact) mass is 774 g/mol. The van der Waals surface area contributed by atoms with Crippen molar-refractivity contribution in [3.8, 4) is 11.5 Å². The fourth-order valence-electron chi connectivity index (χ4n) is 5.01. The fraction of sp³-hybridized carbons (Fsp3) is 0.576. The number of hydrogen-bond donors (Lipinski definition) is 1. The van der Waals surface area contributed by atoms with Gasteiger partial charge in [0.15, 0.2) is 17.6 Å². The van der Waals surface area contributed by atoms with E-state index < -0.39 is 30.6 Å². The van der Waals surface area contributed by atoms with Crippen molar-refractivity contribution in [2.75, 3.05) is 13.2 Å². The van der Waals surface area contributed by atoms with Crippen molar-refractivity contribution in [2.24, 2.45) is 23.7 Å². The highest BCUT2D eigenvalue weighted by Gasteiger charge is 2.50. The van der Waals surface area contributed by atoms with Gasteiger partial charge in [-0.15, -0.1) is 0 Å². The molecule has 1 aliphatic heterocycles. The largest absolute Gasteiger partial charge is 0.462 e. The average Bonchev–Trinajstić information content (AvgIpc) is 3.82. The van der Waals surface area contributed by atoms with Gasteiger partial charge in [-0.2, -0.15) is 0 Å². The second-order valence-electron chi connectivity index (χ2n) is 11.6. The van der Waals surface area contributed by atoms with Gasteiger partial charge in [0.2, 0.25) is 12.6 Å². The summed E-state index contributed by atoms with van der Waals surface area (Å²) in [7, 11) is 0. The molecule has 0 radical (unpaired) electrons. The molecule has 14 heteroatoms. The number of hydrogen-bond acceptors (Lipinski definition) is 8. The van der Waals surface area contributed by atoms with Crippen LogP contribution in [0.15, 0.2) is 12.1 Å². The van der Waals surface area contributed by atoms with Crippen LogP contribution in [0.5, 0.6) is 11.5 Å². The molecule has 8 nitrogen and oxygen atoms in total. The zero-order valence-electron chi connectivity index (χ0n) is 27.0. The Morgan fingerprint density at radius 2 is 1.15 bits per heavy atom. The standard InChI is InChI=1S/C33H40Cl6O8/c1-7-15(5)17(9-3)13-43-30(40)23-25(38)19(34)11-21(36)27(23)45-32(42)29-33(47-29)46-28-22(37)12-20(35)26(39)24(28)31(41)44-14-18(10-4)16(6)8-2/h11-12,15-18,29,32-33,42H,7-10,13-14H2,1-6H3. The molecule has 0 bridgehead atoms. The highest BCUT2D eigenvalue weighted by Crippen LogP contribution is 2.44. The lowest BCUT2D eigenvalue weighted by Crippen LogP contribution is -2.27. The molecular weight excluding hydrogens is 737 g/mol. The van der Waals surface area contributed by atoms with Crippen LogP contribution in [0, 0.1) is 23.7 Å². The maximum Gasteiger partial charge on any atom is 0.343 e. The summed E-state index contributed by atoms with van der Waals surface area (Å²) in [4.78, 5) is 26.5. The Kier molecular flexibility index (Phi) is 15.4. The first-order valence-electron chi connectivity index (χ1n) is 15.6. The van der Waals surface area contributed by atoms with Crippen LogP contribution in [-0.4, -0.2) is 48.9 Å². The van der Waals surface area contributed by atoms with E-state index in [-0.39, 0.29) is 77.8 Å². The maximum atomic E-state index is 13.2. The molecule has 1 fully saturated rings. The van der Waals surface area contributed by atoms with E-state index in [9.17, 15) is 14.7 Å². The first-order chi connectivity index (χ1) is 22.2. The van der Waals surface area contributed by atoms with E-state index in [0.717, 1.165) is 25.7 Å². The molecule has 47 heavy (non-hydrogen) atoms. The van der Waals surface area contributed by atoms with E-state index in [2.05, 4.69) is 27.7 Å². The summed E-state index contributed by atoms with van der Waals surface area (Å²) >= 11 is 38.1. The van der Waals surface area contributed by atoms with Crippen LogP contribution in [0.2, 0.25) is 30.1 Å². The Morgan fingerprint density at radius 1 is 0.723 bits per heavy atom. The minimum Gasteiger partial charge on any atom is -0.462 e. The Morgan fingerprint density at radius 3 is 1.57 bits per heavy atom. The lowest BCUT2D eigenvalue weighted by atomic mass is 9.90. The predicted molar refractivity (Wildman–Crippen MR) is 186 cm³/mol. The fourth-order valence-corrected chi connectivity index (χ4v) is 6.46. The van der Waals surface area contributed by atoms with Crippen molar-refractivity contribution in [3.05, 3.63) is 53.4 Å². The normalized spacial score (nSPS) is 18.9. The van der Waals surface area contributed by atoms with Gasteiger partial charge in [-0.25, -0.2) is 9.59 Å². The van der Waals surface area contributed by atoms with Crippen molar-refractivity contribution in [1.29, 1.82) is 0 Å². The van der Waals surface area contributed by atoms with Gasteiger partial charge in [-0.3, -0.25) is 0 Å². The van der Waals surface area contributed by atoms with Crippen LogP contribution >= 0.6 is 69.6 Å². The number of aliphatic hydroxyl groups excluding tert-OH is 1. The van der Waals surface area contributed by atoms with Crippen LogP contribution in [0.3, 0.4) is 0 Å². The number of benzene rings is 2. The second kappa shape index (κ2) is 18.0. The SMILES string of the molecule is CCC(C)C(CC)COC(=O)c1c(Cl)c(Cl)cc(Cl)c1OC(O)C1OC1Oc1c(Cl)cc(Cl)c(Cl)c1C(=O)OCC(CC)C(C)CC. The van der Waals surface area contributed by atoms with Crippen molar-refractivity contribution >= 4 is 81.5 Å². The third-order valence-electron chi connectivity index (χ3n) is 8.70. The van der Waals surface area contributed by atoms with Crippen molar-refractivity contribution in [1.82, 2.24) is 0 Å². The molecular formula is C33H40Cl6O8. The first kappa shape index (κ1) is 40.1. The topological polar surface area (TPSA) is 104 Å². The minimum atomic E-state index is -1.72. The van der Waals surface area contributed by atoms with Gasteiger partial charge in [0.1, 0.15) is 11.1 Å². The maximum absolute atomic E-state index is 13.2. The van der Waals surface area contributed by atoms with Crippen molar-refractivity contribution < 1.29 is 38.4 Å². The molecule has 3 rings (SSSR count). The van der Waals surface area contributed by atoms with Crippen LogP contribution in [0.4, 0.5) is 0 Å². The Balaban J connectivity index is 1.79. The van der Waals surface area contributed by atoms with Crippen LogP contribution in [0.25, 0.3) is 0 Å². The van der Waals surface area contributed by atoms with Gasteiger partial charge >= 0.3 is 11.9 Å². The summed E-state index contributed by atoms with van der Waals surface area (Å²) in [6.07, 6.45) is -0.525. The zero-order valence-corrected chi connectivity index (χ0v) is 31.5. The van der Waals surface area contributed by atoms with Gasteiger partial charge in [0.05, 0.1) is 43.3 Å².